The standard InChI is InChI=1S/C46H30N2O/c1-2-10-29(11-3-1)30-18-20-33(21-19-30)48-40-16-8-6-14-35(40)37-24-25-42-45(46(37)48)38-15-7-9-17-41(38)47(42)34-22-23-36-39-26-31-12-4-5-13-32(31)27-43(39)49-44(36)28-34/h1-3,5-11,13-28H,4,12H2. The molecule has 10 aromatic rings. The van der Waals surface area contributed by atoms with Gasteiger partial charge in [-0.25, -0.2) is 0 Å². The van der Waals surface area contributed by atoms with Crippen molar-refractivity contribution in [3.8, 4) is 22.5 Å². The summed E-state index contributed by atoms with van der Waals surface area (Å²) in [5.74, 6) is 0. The van der Waals surface area contributed by atoms with Gasteiger partial charge in [-0.3, -0.25) is 0 Å². The quantitative estimate of drug-likeness (QED) is 0.191. The van der Waals surface area contributed by atoms with Gasteiger partial charge in [-0.05, 0) is 89.7 Å². The van der Waals surface area contributed by atoms with E-state index in [0.29, 0.717) is 0 Å². The molecule has 0 amide bonds. The molecule has 0 saturated carbocycles. The van der Waals surface area contributed by atoms with E-state index in [1.807, 2.05) is 0 Å². The number of benzene rings is 7. The highest BCUT2D eigenvalue weighted by atomic mass is 16.3. The van der Waals surface area contributed by atoms with E-state index in [1.165, 1.54) is 76.6 Å². The fraction of sp³-hybridized carbons (Fsp3) is 0.0435. The molecule has 0 spiro atoms. The summed E-state index contributed by atoms with van der Waals surface area (Å²) < 4.78 is 11.4. The van der Waals surface area contributed by atoms with Crippen LogP contribution in [-0.2, 0) is 6.42 Å². The van der Waals surface area contributed by atoms with Crippen LogP contribution in [0.4, 0.5) is 0 Å². The zero-order chi connectivity index (χ0) is 32.1. The highest BCUT2D eigenvalue weighted by Crippen LogP contribution is 2.43. The number of para-hydroxylation sites is 2. The minimum Gasteiger partial charge on any atom is -0.456 e. The SMILES string of the molecule is C1=Cc2cc3oc4cc(-n5c6ccccc6c6c5ccc5c7ccccc7n(-c7ccc(-c8ccccc8)cc7)c56)ccc4c3cc2CC1. The van der Waals surface area contributed by atoms with Crippen molar-refractivity contribution in [1.82, 2.24) is 9.13 Å². The third kappa shape index (κ3) is 3.84. The number of nitrogens with zero attached hydrogens (tertiary/aromatic N) is 2. The van der Waals surface area contributed by atoms with Gasteiger partial charge in [0.1, 0.15) is 11.2 Å². The van der Waals surface area contributed by atoms with Crippen LogP contribution in [0.3, 0.4) is 0 Å². The van der Waals surface area contributed by atoms with Crippen LogP contribution in [0.2, 0.25) is 0 Å². The van der Waals surface area contributed by atoms with Gasteiger partial charge < -0.3 is 13.6 Å². The molecule has 0 bridgehead atoms. The number of allylic oxidation sites excluding steroid dienone is 1. The van der Waals surface area contributed by atoms with Crippen molar-refractivity contribution >= 4 is 71.6 Å². The van der Waals surface area contributed by atoms with E-state index >= 15 is 0 Å². The van der Waals surface area contributed by atoms with E-state index in [4.69, 9.17) is 4.42 Å². The lowest BCUT2D eigenvalue weighted by Gasteiger charge is -2.11. The van der Waals surface area contributed by atoms with Crippen LogP contribution >= 0.6 is 0 Å². The highest BCUT2D eigenvalue weighted by molar-refractivity contribution is 6.26. The van der Waals surface area contributed by atoms with Gasteiger partial charge in [0.2, 0.25) is 0 Å². The minimum absolute atomic E-state index is 0.915. The second kappa shape index (κ2) is 10.1. The van der Waals surface area contributed by atoms with Crippen LogP contribution in [0.1, 0.15) is 17.5 Å². The first-order valence-corrected chi connectivity index (χ1v) is 17.1. The molecular weight excluding hydrogens is 597 g/mol. The molecule has 0 atom stereocenters. The van der Waals surface area contributed by atoms with Gasteiger partial charge in [0.15, 0.2) is 0 Å². The predicted molar refractivity (Wildman–Crippen MR) is 205 cm³/mol. The van der Waals surface area contributed by atoms with E-state index in [9.17, 15) is 0 Å². The Bertz CT molecular complexity index is 2970. The van der Waals surface area contributed by atoms with E-state index in [-0.39, 0.29) is 0 Å². The molecule has 7 aromatic carbocycles. The summed E-state index contributed by atoms with van der Waals surface area (Å²) in [4.78, 5) is 0. The van der Waals surface area contributed by atoms with Gasteiger partial charge in [-0.2, -0.15) is 0 Å². The van der Waals surface area contributed by atoms with Crippen LogP contribution in [-0.4, -0.2) is 9.13 Å². The van der Waals surface area contributed by atoms with Crippen LogP contribution in [0.25, 0.3) is 94.1 Å². The Hall–Kier alpha value is -6.32. The molecular formula is C46H30N2O. The molecule has 0 unspecified atom stereocenters. The van der Waals surface area contributed by atoms with Gasteiger partial charge in [0.05, 0.1) is 22.1 Å². The number of furan rings is 1. The molecule has 3 nitrogen and oxygen atoms in total. The van der Waals surface area contributed by atoms with Crippen molar-refractivity contribution < 1.29 is 4.42 Å². The molecule has 0 saturated heterocycles. The van der Waals surface area contributed by atoms with Crippen molar-refractivity contribution in [1.29, 1.82) is 0 Å². The maximum atomic E-state index is 6.56. The second-order valence-corrected chi connectivity index (χ2v) is 13.2. The van der Waals surface area contributed by atoms with E-state index in [1.54, 1.807) is 0 Å². The van der Waals surface area contributed by atoms with E-state index < -0.39 is 0 Å². The molecule has 1 aliphatic rings. The van der Waals surface area contributed by atoms with Crippen LogP contribution in [0, 0.1) is 0 Å². The van der Waals surface area contributed by atoms with Crippen molar-refractivity contribution in [2.45, 2.75) is 12.8 Å². The number of hydrogen-bond acceptors (Lipinski definition) is 1. The van der Waals surface area contributed by atoms with E-state index in [0.717, 1.165) is 35.4 Å². The Morgan fingerprint density at radius 1 is 0.469 bits per heavy atom. The van der Waals surface area contributed by atoms with Crippen LogP contribution in [0.15, 0.2) is 156 Å². The zero-order valence-electron chi connectivity index (χ0n) is 26.7. The minimum atomic E-state index is 0.915. The molecule has 0 radical (unpaired) electrons. The number of fused-ring (bicyclic) bond motifs is 11. The van der Waals surface area contributed by atoms with Gasteiger partial charge in [-0.1, -0.05) is 97.1 Å². The maximum Gasteiger partial charge on any atom is 0.137 e. The maximum absolute atomic E-state index is 6.56. The summed E-state index contributed by atoms with van der Waals surface area (Å²) in [6.07, 6.45) is 6.66. The summed E-state index contributed by atoms with van der Waals surface area (Å²) in [6, 6.07) is 53.1. The van der Waals surface area contributed by atoms with Gasteiger partial charge in [-0.15, -0.1) is 0 Å². The van der Waals surface area contributed by atoms with E-state index in [2.05, 4.69) is 167 Å². The summed E-state index contributed by atoms with van der Waals surface area (Å²) in [6.45, 7) is 0. The summed E-state index contributed by atoms with van der Waals surface area (Å²) in [7, 11) is 0. The molecule has 1 aliphatic carbocycles. The largest absolute Gasteiger partial charge is 0.456 e. The summed E-state index contributed by atoms with van der Waals surface area (Å²) in [5.41, 5.74) is 14.0. The van der Waals surface area contributed by atoms with Crippen LogP contribution in [0.5, 0.6) is 0 Å². The molecule has 0 aliphatic heterocycles. The monoisotopic (exact) mass is 626 g/mol. The lowest BCUT2D eigenvalue weighted by Crippen LogP contribution is -1.95. The molecule has 49 heavy (non-hydrogen) atoms. The number of aromatic nitrogens is 2. The predicted octanol–water partition coefficient (Wildman–Crippen LogP) is 12.4. The average Bonchev–Trinajstić information content (AvgIpc) is 3.81. The average molecular weight is 627 g/mol. The third-order valence-electron chi connectivity index (χ3n) is 10.6. The molecule has 0 N–H and O–H groups in total. The molecule has 0 fully saturated rings. The normalized spacial score (nSPS) is 13.1. The fourth-order valence-electron chi connectivity index (χ4n) is 8.32. The highest BCUT2D eigenvalue weighted by Gasteiger charge is 2.21. The lowest BCUT2D eigenvalue weighted by molar-refractivity contribution is 0.668. The molecule has 3 heterocycles. The van der Waals surface area contributed by atoms with Crippen molar-refractivity contribution in [3.63, 3.8) is 0 Å². The second-order valence-electron chi connectivity index (χ2n) is 13.2. The number of aryl methyl sites for hydroxylation is 1. The van der Waals surface area contributed by atoms with Gasteiger partial charge in [0, 0.05) is 49.8 Å². The molecule has 11 rings (SSSR count). The van der Waals surface area contributed by atoms with Crippen molar-refractivity contribution in [2.75, 3.05) is 0 Å². The topological polar surface area (TPSA) is 23.0 Å². The van der Waals surface area contributed by atoms with Crippen LogP contribution < -0.4 is 0 Å². The Balaban J connectivity index is 1.18. The third-order valence-corrected chi connectivity index (χ3v) is 10.6. The Morgan fingerprint density at radius 3 is 2.02 bits per heavy atom. The van der Waals surface area contributed by atoms with Gasteiger partial charge >= 0.3 is 0 Å². The molecule has 230 valence electrons. The fourth-order valence-corrected chi connectivity index (χ4v) is 8.32. The smallest absolute Gasteiger partial charge is 0.137 e. The summed E-state index contributed by atoms with van der Waals surface area (Å²) >= 11 is 0. The first-order chi connectivity index (χ1) is 24.3. The number of hydrogen-bond donors (Lipinski definition) is 0. The molecule has 3 aromatic heterocycles. The Kier molecular flexibility index (Phi) is 5.50. The van der Waals surface area contributed by atoms with Crippen molar-refractivity contribution in [2.24, 2.45) is 0 Å². The number of rotatable bonds is 3. The zero-order valence-corrected chi connectivity index (χ0v) is 26.7. The first kappa shape index (κ1) is 26.7. The lowest BCUT2D eigenvalue weighted by atomic mass is 9.95. The van der Waals surface area contributed by atoms with Gasteiger partial charge in [0.25, 0.3) is 0 Å². The first-order valence-electron chi connectivity index (χ1n) is 17.1. The Morgan fingerprint density at radius 2 is 1.16 bits per heavy atom. The molecule has 3 heteroatoms. The van der Waals surface area contributed by atoms with Crippen molar-refractivity contribution in [3.05, 3.63) is 163 Å². The Labute approximate surface area is 282 Å². The summed E-state index contributed by atoms with van der Waals surface area (Å²) in [5, 5.41) is 7.35.